The molecule has 0 aromatic heterocycles. The Labute approximate surface area is 167 Å². The fraction of sp³-hybridized carbons (Fsp3) is 0.320. The van der Waals surface area contributed by atoms with Crippen molar-refractivity contribution in [2.24, 2.45) is 0 Å². The Morgan fingerprint density at radius 2 is 1.64 bits per heavy atom. The summed E-state index contributed by atoms with van der Waals surface area (Å²) in [5.74, 6) is 0.663. The molecule has 0 radical (unpaired) electrons. The minimum absolute atomic E-state index is 0.0723. The monoisotopic (exact) mass is 375 g/mol. The Balaban J connectivity index is 1.77. The van der Waals surface area contributed by atoms with Gasteiger partial charge in [-0.1, -0.05) is 55.5 Å². The van der Waals surface area contributed by atoms with E-state index in [0.717, 1.165) is 22.1 Å². The number of fused-ring (bicyclic) bond motifs is 1. The summed E-state index contributed by atoms with van der Waals surface area (Å²) in [6, 6.07) is 18.3. The van der Waals surface area contributed by atoms with Crippen LogP contribution in [0.1, 0.15) is 48.6 Å². The number of benzene rings is 3. The molecule has 0 fully saturated rings. The first-order chi connectivity index (χ1) is 13.4. The van der Waals surface area contributed by atoms with Crippen molar-refractivity contribution in [3.05, 3.63) is 76.9 Å². The zero-order valence-electron chi connectivity index (χ0n) is 17.4. The van der Waals surface area contributed by atoms with E-state index in [2.05, 4.69) is 38.2 Å². The Kier molecular flexibility index (Phi) is 6.03. The molecule has 0 saturated heterocycles. The first kappa shape index (κ1) is 19.9. The molecule has 2 atom stereocenters. The van der Waals surface area contributed by atoms with Gasteiger partial charge in [0.05, 0.1) is 6.04 Å². The SMILES string of the molecule is CC[C@H](Oc1cccc2ccccc12)C(=O)N[C@@H](C)c1cc(C)c(C)cc1C. The molecule has 0 saturated carbocycles. The average Bonchev–Trinajstić information content (AvgIpc) is 2.68. The number of aryl methyl sites for hydroxylation is 3. The number of hydrogen-bond donors (Lipinski definition) is 1. The van der Waals surface area contributed by atoms with Crippen molar-refractivity contribution in [1.29, 1.82) is 0 Å². The fourth-order valence-electron chi connectivity index (χ4n) is 3.61. The molecule has 0 bridgehead atoms. The summed E-state index contributed by atoms with van der Waals surface area (Å²) >= 11 is 0. The van der Waals surface area contributed by atoms with E-state index in [1.807, 2.05) is 56.3 Å². The first-order valence-corrected chi connectivity index (χ1v) is 9.93. The zero-order valence-corrected chi connectivity index (χ0v) is 17.4. The summed E-state index contributed by atoms with van der Waals surface area (Å²) in [5.41, 5.74) is 4.85. The van der Waals surface area contributed by atoms with Gasteiger partial charge in [-0.15, -0.1) is 0 Å². The summed E-state index contributed by atoms with van der Waals surface area (Å²) in [5, 5.41) is 5.27. The largest absolute Gasteiger partial charge is 0.480 e. The van der Waals surface area contributed by atoms with Gasteiger partial charge in [0, 0.05) is 5.39 Å². The zero-order chi connectivity index (χ0) is 20.3. The summed E-state index contributed by atoms with van der Waals surface area (Å²) in [6.45, 7) is 10.3. The molecule has 0 aliphatic carbocycles. The Morgan fingerprint density at radius 1 is 0.964 bits per heavy atom. The summed E-state index contributed by atoms with van der Waals surface area (Å²) in [4.78, 5) is 12.9. The van der Waals surface area contributed by atoms with Crippen LogP contribution in [0.4, 0.5) is 0 Å². The van der Waals surface area contributed by atoms with Crippen LogP contribution in [0.25, 0.3) is 10.8 Å². The molecule has 3 aromatic rings. The van der Waals surface area contributed by atoms with Crippen molar-refractivity contribution in [2.75, 3.05) is 0 Å². The third kappa shape index (κ3) is 4.19. The van der Waals surface area contributed by atoms with Crippen molar-refractivity contribution < 1.29 is 9.53 Å². The standard InChI is InChI=1S/C25H29NO2/c1-6-23(28-24-13-9-11-20-10-7-8-12-21(20)24)25(27)26-19(5)22-15-17(3)16(2)14-18(22)4/h7-15,19,23H,6H2,1-5H3,(H,26,27)/t19-,23-/m0/s1. The van der Waals surface area contributed by atoms with E-state index < -0.39 is 6.10 Å². The third-order valence-corrected chi connectivity index (χ3v) is 5.39. The molecule has 3 heteroatoms. The van der Waals surface area contributed by atoms with Crippen LogP contribution >= 0.6 is 0 Å². The van der Waals surface area contributed by atoms with Crippen molar-refractivity contribution in [3.63, 3.8) is 0 Å². The Bertz CT molecular complexity index is 988. The van der Waals surface area contributed by atoms with Gasteiger partial charge in [0.1, 0.15) is 5.75 Å². The lowest BCUT2D eigenvalue weighted by molar-refractivity contribution is -0.128. The van der Waals surface area contributed by atoms with Gasteiger partial charge in [0.2, 0.25) is 0 Å². The minimum atomic E-state index is -0.528. The van der Waals surface area contributed by atoms with Gasteiger partial charge in [-0.25, -0.2) is 0 Å². The molecule has 0 spiro atoms. The second kappa shape index (κ2) is 8.47. The molecule has 1 amide bonds. The van der Waals surface area contributed by atoms with Crippen LogP contribution in [0.2, 0.25) is 0 Å². The molecule has 0 heterocycles. The lowest BCUT2D eigenvalue weighted by atomic mass is 9.96. The van der Waals surface area contributed by atoms with E-state index in [9.17, 15) is 4.79 Å². The molecule has 3 nitrogen and oxygen atoms in total. The smallest absolute Gasteiger partial charge is 0.261 e. The van der Waals surface area contributed by atoms with Crippen molar-refractivity contribution >= 4 is 16.7 Å². The highest BCUT2D eigenvalue weighted by molar-refractivity contribution is 5.89. The lowest BCUT2D eigenvalue weighted by Gasteiger charge is -2.23. The molecule has 3 aromatic carbocycles. The molecule has 1 N–H and O–H groups in total. The second-order valence-electron chi connectivity index (χ2n) is 7.52. The van der Waals surface area contributed by atoms with Crippen molar-refractivity contribution in [2.45, 2.75) is 53.2 Å². The number of carbonyl (C=O) groups is 1. The second-order valence-corrected chi connectivity index (χ2v) is 7.52. The van der Waals surface area contributed by atoms with Gasteiger partial charge in [-0.2, -0.15) is 0 Å². The normalized spacial score (nSPS) is 13.2. The number of hydrogen-bond acceptors (Lipinski definition) is 2. The number of amides is 1. The van der Waals surface area contributed by atoms with E-state index >= 15 is 0 Å². The number of carbonyl (C=O) groups excluding carboxylic acids is 1. The molecular weight excluding hydrogens is 346 g/mol. The topological polar surface area (TPSA) is 38.3 Å². The van der Waals surface area contributed by atoms with Crippen LogP contribution in [0, 0.1) is 20.8 Å². The molecule has 146 valence electrons. The molecule has 0 aliphatic rings. The summed E-state index contributed by atoms with van der Waals surface area (Å²) in [6.07, 6.45) is 0.0772. The highest BCUT2D eigenvalue weighted by Gasteiger charge is 2.22. The van der Waals surface area contributed by atoms with Gasteiger partial charge in [0.25, 0.3) is 5.91 Å². The molecular formula is C25H29NO2. The Morgan fingerprint density at radius 3 is 2.39 bits per heavy atom. The van der Waals surface area contributed by atoms with Crippen LogP contribution in [-0.2, 0) is 4.79 Å². The van der Waals surface area contributed by atoms with Gasteiger partial charge in [-0.05, 0) is 67.8 Å². The number of ether oxygens (including phenoxy) is 1. The van der Waals surface area contributed by atoms with Crippen LogP contribution < -0.4 is 10.1 Å². The first-order valence-electron chi connectivity index (χ1n) is 9.93. The highest BCUT2D eigenvalue weighted by atomic mass is 16.5. The van der Waals surface area contributed by atoms with E-state index in [0.29, 0.717) is 6.42 Å². The molecule has 0 unspecified atom stereocenters. The molecule has 3 rings (SSSR count). The van der Waals surface area contributed by atoms with Crippen LogP contribution in [0.3, 0.4) is 0 Å². The van der Waals surface area contributed by atoms with E-state index in [1.165, 1.54) is 16.7 Å². The van der Waals surface area contributed by atoms with Gasteiger partial charge in [0.15, 0.2) is 6.10 Å². The van der Waals surface area contributed by atoms with Gasteiger partial charge >= 0.3 is 0 Å². The maximum atomic E-state index is 12.9. The predicted molar refractivity (Wildman–Crippen MR) is 116 cm³/mol. The molecule has 28 heavy (non-hydrogen) atoms. The van der Waals surface area contributed by atoms with Crippen LogP contribution in [0.15, 0.2) is 54.6 Å². The number of rotatable bonds is 6. The van der Waals surface area contributed by atoms with Crippen LogP contribution in [0.5, 0.6) is 5.75 Å². The van der Waals surface area contributed by atoms with E-state index in [1.54, 1.807) is 0 Å². The minimum Gasteiger partial charge on any atom is -0.480 e. The summed E-state index contributed by atoms with van der Waals surface area (Å²) in [7, 11) is 0. The lowest BCUT2D eigenvalue weighted by Crippen LogP contribution is -2.39. The van der Waals surface area contributed by atoms with Gasteiger partial charge < -0.3 is 10.1 Å². The molecule has 0 aliphatic heterocycles. The fourth-order valence-corrected chi connectivity index (χ4v) is 3.61. The van der Waals surface area contributed by atoms with Crippen molar-refractivity contribution in [1.82, 2.24) is 5.32 Å². The Hall–Kier alpha value is -2.81. The third-order valence-electron chi connectivity index (χ3n) is 5.39. The highest BCUT2D eigenvalue weighted by Crippen LogP contribution is 2.27. The van der Waals surface area contributed by atoms with E-state index in [4.69, 9.17) is 4.74 Å². The van der Waals surface area contributed by atoms with E-state index in [-0.39, 0.29) is 11.9 Å². The maximum absolute atomic E-state index is 12.9. The number of nitrogens with one attached hydrogen (secondary N) is 1. The van der Waals surface area contributed by atoms with Crippen LogP contribution in [-0.4, -0.2) is 12.0 Å². The van der Waals surface area contributed by atoms with Crippen molar-refractivity contribution in [3.8, 4) is 5.75 Å². The maximum Gasteiger partial charge on any atom is 0.261 e. The average molecular weight is 376 g/mol. The predicted octanol–water partition coefficient (Wildman–Crippen LogP) is 5.80. The van der Waals surface area contributed by atoms with Gasteiger partial charge in [-0.3, -0.25) is 4.79 Å². The summed E-state index contributed by atoms with van der Waals surface area (Å²) < 4.78 is 6.14. The quantitative estimate of drug-likeness (QED) is 0.591.